The standard InChI is InChI=1S/C15H15ClN2O3/c1-21-10-12-4-2-3-11(7-12)9-17-15-6-5-13(18(19)20)8-14(15)16/h2-8,17H,9-10H2,1H3. The van der Waals surface area contributed by atoms with Crippen molar-refractivity contribution in [3.8, 4) is 0 Å². The van der Waals surface area contributed by atoms with Crippen LogP contribution in [0.5, 0.6) is 0 Å². The van der Waals surface area contributed by atoms with Gasteiger partial charge in [0.15, 0.2) is 0 Å². The van der Waals surface area contributed by atoms with E-state index in [0.29, 0.717) is 23.9 Å². The average molecular weight is 307 g/mol. The number of nitro benzene ring substituents is 1. The number of nitro groups is 1. The average Bonchev–Trinajstić information content (AvgIpc) is 2.46. The summed E-state index contributed by atoms with van der Waals surface area (Å²) in [7, 11) is 1.65. The van der Waals surface area contributed by atoms with Crippen LogP contribution in [-0.4, -0.2) is 12.0 Å². The van der Waals surface area contributed by atoms with Crippen LogP contribution in [0.3, 0.4) is 0 Å². The maximum absolute atomic E-state index is 10.7. The molecule has 0 heterocycles. The maximum atomic E-state index is 10.7. The van der Waals surface area contributed by atoms with Gasteiger partial charge in [-0.25, -0.2) is 0 Å². The molecular weight excluding hydrogens is 292 g/mol. The molecular formula is C15H15ClN2O3. The van der Waals surface area contributed by atoms with Gasteiger partial charge in [0.05, 0.1) is 22.2 Å². The smallest absolute Gasteiger partial charge is 0.271 e. The minimum atomic E-state index is -0.468. The van der Waals surface area contributed by atoms with Crippen LogP contribution in [0.4, 0.5) is 11.4 Å². The Bertz CT molecular complexity index is 647. The van der Waals surface area contributed by atoms with E-state index in [-0.39, 0.29) is 5.69 Å². The summed E-state index contributed by atoms with van der Waals surface area (Å²) in [6.45, 7) is 1.14. The second-order valence-corrected chi connectivity index (χ2v) is 4.93. The summed E-state index contributed by atoms with van der Waals surface area (Å²) in [6, 6.07) is 12.4. The molecule has 0 fully saturated rings. The first kappa shape index (κ1) is 15.3. The molecule has 5 nitrogen and oxygen atoms in total. The number of nitrogens with one attached hydrogen (secondary N) is 1. The molecule has 0 saturated heterocycles. The zero-order chi connectivity index (χ0) is 15.2. The van der Waals surface area contributed by atoms with Crippen LogP contribution in [0.15, 0.2) is 42.5 Å². The van der Waals surface area contributed by atoms with Gasteiger partial charge in [-0.2, -0.15) is 0 Å². The molecule has 0 saturated carbocycles. The number of rotatable bonds is 6. The predicted octanol–water partition coefficient (Wildman–Crippen LogP) is 4.01. The Labute approximate surface area is 127 Å². The Balaban J connectivity index is 2.06. The maximum Gasteiger partial charge on any atom is 0.271 e. The number of anilines is 1. The van der Waals surface area contributed by atoms with Gasteiger partial charge in [0, 0.05) is 25.8 Å². The SMILES string of the molecule is COCc1cccc(CNc2ccc([N+](=O)[O-])cc2Cl)c1. The molecule has 0 aliphatic heterocycles. The van der Waals surface area contributed by atoms with E-state index in [4.69, 9.17) is 16.3 Å². The lowest BCUT2D eigenvalue weighted by Gasteiger charge is -2.09. The molecule has 0 aliphatic carbocycles. The van der Waals surface area contributed by atoms with E-state index in [1.807, 2.05) is 24.3 Å². The molecule has 21 heavy (non-hydrogen) atoms. The lowest BCUT2D eigenvalue weighted by atomic mass is 10.1. The summed E-state index contributed by atoms with van der Waals surface area (Å²) in [5.41, 5.74) is 2.82. The van der Waals surface area contributed by atoms with Gasteiger partial charge >= 0.3 is 0 Å². The third-order valence-electron chi connectivity index (χ3n) is 2.95. The molecule has 2 rings (SSSR count). The van der Waals surface area contributed by atoms with Crippen LogP contribution in [0, 0.1) is 10.1 Å². The van der Waals surface area contributed by atoms with E-state index in [0.717, 1.165) is 11.1 Å². The Morgan fingerprint density at radius 1 is 1.24 bits per heavy atom. The highest BCUT2D eigenvalue weighted by Gasteiger charge is 2.09. The fourth-order valence-electron chi connectivity index (χ4n) is 1.95. The molecule has 0 spiro atoms. The molecule has 1 N–H and O–H groups in total. The molecule has 0 bridgehead atoms. The first-order chi connectivity index (χ1) is 10.1. The minimum absolute atomic E-state index is 0.0207. The summed E-state index contributed by atoms with van der Waals surface area (Å²) in [6.07, 6.45) is 0. The number of halogens is 1. The number of nitrogens with zero attached hydrogens (tertiary/aromatic N) is 1. The molecule has 110 valence electrons. The van der Waals surface area contributed by atoms with Crippen molar-refractivity contribution in [3.63, 3.8) is 0 Å². The van der Waals surface area contributed by atoms with Crippen LogP contribution in [0.1, 0.15) is 11.1 Å². The lowest BCUT2D eigenvalue weighted by molar-refractivity contribution is -0.384. The van der Waals surface area contributed by atoms with Crippen molar-refractivity contribution >= 4 is 23.0 Å². The number of methoxy groups -OCH3 is 1. The molecule has 0 aromatic heterocycles. The molecule has 2 aromatic rings. The second-order valence-electron chi connectivity index (χ2n) is 4.53. The van der Waals surface area contributed by atoms with Crippen LogP contribution in [0.25, 0.3) is 0 Å². The summed E-state index contributed by atoms with van der Waals surface area (Å²) in [5.74, 6) is 0. The first-order valence-corrected chi connectivity index (χ1v) is 6.72. The van der Waals surface area contributed by atoms with Gasteiger partial charge in [0.2, 0.25) is 0 Å². The zero-order valence-electron chi connectivity index (χ0n) is 11.5. The third kappa shape index (κ3) is 4.18. The third-order valence-corrected chi connectivity index (χ3v) is 3.26. The first-order valence-electron chi connectivity index (χ1n) is 6.34. The highest BCUT2D eigenvalue weighted by Crippen LogP contribution is 2.27. The second kappa shape index (κ2) is 7.06. The van der Waals surface area contributed by atoms with Gasteiger partial charge in [-0.05, 0) is 17.2 Å². The van der Waals surface area contributed by atoms with E-state index in [9.17, 15) is 10.1 Å². The summed E-state index contributed by atoms with van der Waals surface area (Å²) >= 11 is 6.03. The van der Waals surface area contributed by atoms with Gasteiger partial charge < -0.3 is 10.1 Å². The Hall–Kier alpha value is -2.11. The summed E-state index contributed by atoms with van der Waals surface area (Å²) in [4.78, 5) is 10.2. The van der Waals surface area contributed by atoms with Crippen LogP contribution >= 0.6 is 11.6 Å². The summed E-state index contributed by atoms with van der Waals surface area (Å²) < 4.78 is 5.10. The number of hydrogen-bond acceptors (Lipinski definition) is 4. The zero-order valence-corrected chi connectivity index (χ0v) is 12.3. The van der Waals surface area contributed by atoms with E-state index in [2.05, 4.69) is 5.32 Å². The monoisotopic (exact) mass is 306 g/mol. The normalized spacial score (nSPS) is 10.4. The molecule has 0 unspecified atom stereocenters. The molecule has 0 atom stereocenters. The predicted molar refractivity (Wildman–Crippen MR) is 82.6 cm³/mol. The van der Waals surface area contributed by atoms with Gasteiger partial charge in [0.1, 0.15) is 0 Å². The van der Waals surface area contributed by atoms with E-state index in [1.54, 1.807) is 13.2 Å². The van der Waals surface area contributed by atoms with Crippen LogP contribution in [-0.2, 0) is 17.9 Å². The topological polar surface area (TPSA) is 64.4 Å². The van der Waals surface area contributed by atoms with Gasteiger partial charge in [-0.3, -0.25) is 10.1 Å². The summed E-state index contributed by atoms with van der Waals surface area (Å²) in [5, 5.41) is 14.2. The van der Waals surface area contributed by atoms with Crippen molar-refractivity contribution in [2.24, 2.45) is 0 Å². The minimum Gasteiger partial charge on any atom is -0.380 e. The Morgan fingerprint density at radius 3 is 2.67 bits per heavy atom. The number of non-ortho nitro benzene ring substituents is 1. The molecule has 0 aliphatic rings. The van der Waals surface area contributed by atoms with Crippen molar-refractivity contribution < 1.29 is 9.66 Å². The number of hydrogen-bond donors (Lipinski definition) is 1. The molecule has 0 amide bonds. The molecule has 2 aromatic carbocycles. The van der Waals surface area contributed by atoms with Crippen molar-refractivity contribution in [1.29, 1.82) is 0 Å². The lowest BCUT2D eigenvalue weighted by Crippen LogP contribution is -2.01. The van der Waals surface area contributed by atoms with Crippen LogP contribution in [0.2, 0.25) is 5.02 Å². The molecule has 0 radical (unpaired) electrons. The number of ether oxygens (including phenoxy) is 1. The van der Waals surface area contributed by atoms with Gasteiger partial charge in [-0.15, -0.1) is 0 Å². The highest BCUT2D eigenvalue weighted by atomic mass is 35.5. The molecule has 6 heteroatoms. The van der Waals surface area contributed by atoms with Crippen LogP contribution < -0.4 is 5.32 Å². The van der Waals surface area contributed by atoms with E-state index < -0.39 is 4.92 Å². The van der Waals surface area contributed by atoms with Gasteiger partial charge in [-0.1, -0.05) is 35.9 Å². The van der Waals surface area contributed by atoms with Gasteiger partial charge in [0.25, 0.3) is 5.69 Å². The fourth-order valence-corrected chi connectivity index (χ4v) is 2.20. The van der Waals surface area contributed by atoms with E-state index in [1.165, 1.54) is 12.1 Å². The van der Waals surface area contributed by atoms with Crippen molar-refractivity contribution in [3.05, 3.63) is 68.7 Å². The largest absolute Gasteiger partial charge is 0.380 e. The fraction of sp³-hybridized carbons (Fsp3) is 0.200. The number of benzene rings is 2. The highest BCUT2D eigenvalue weighted by molar-refractivity contribution is 6.33. The Morgan fingerprint density at radius 2 is 2.00 bits per heavy atom. The quantitative estimate of drug-likeness (QED) is 0.647. The Kier molecular flexibility index (Phi) is 5.14. The van der Waals surface area contributed by atoms with Crippen molar-refractivity contribution in [1.82, 2.24) is 0 Å². The van der Waals surface area contributed by atoms with E-state index >= 15 is 0 Å². The van der Waals surface area contributed by atoms with Crippen molar-refractivity contribution in [2.75, 3.05) is 12.4 Å². The van der Waals surface area contributed by atoms with Crippen molar-refractivity contribution in [2.45, 2.75) is 13.2 Å².